The zero-order chi connectivity index (χ0) is 15.4. The van der Waals surface area contributed by atoms with Gasteiger partial charge in [-0.1, -0.05) is 18.2 Å². The van der Waals surface area contributed by atoms with Crippen molar-refractivity contribution in [1.29, 1.82) is 0 Å². The van der Waals surface area contributed by atoms with E-state index in [4.69, 9.17) is 9.84 Å². The molecule has 1 aliphatic rings. The van der Waals surface area contributed by atoms with Crippen LogP contribution in [0.2, 0.25) is 0 Å². The number of rotatable bonds is 3. The molecule has 21 heavy (non-hydrogen) atoms. The number of morpholine rings is 1. The third kappa shape index (κ3) is 3.46. The van der Waals surface area contributed by atoms with Gasteiger partial charge in [-0.05, 0) is 18.6 Å². The topological polar surface area (TPSA) is 66.8 Å². The number of ether oxygens (including phenoxy) is 1. The van der Waals surface area contributed by atoms with Gasteiger partial charge in [0, 0.05) is 18.2 Å². The van der Waals surface area contributed by atoms with Crippen molar-refractivity contribution in [3.8, 4) is 0 Å². The SMILES string of the molecule is CC(=CC(=O)N1CCOCC1C(=O)O)c1ccccc1F. The van der Waals surface area contributed by atoms with Gasteiger partial charge in [-0.2, -0.15) is 0 Å². The highest BCUT2D eigenvalue weighted by Crippen LogP contribution is 2.18. The molecule has 1 aromatic carbocycles. The maximum absolute atomic E-state index is 13.7. The van der Waals surface area contributed by atoms with Crippen LogP contribution in [-0.4, -0.2) is 47.7 Å². The second-order valence-electron chi connectivity index (χ2n) is 4.77. The molecule has 1 N–H and O–H groups in total. The fourth-order valence-corrected chi connectivity index (χ4v) is 2.20. The number of hydrogen-bond acceptors (Lipinski definition) is 3. The molecule has 0 bridgehead atoms. The lowest BCUT2D eigenvalue weighted by molar-refractivity contribution is -0.156. The zero-order valence-electron chi connectivity index (χ0n) is 11.6. The Kier molecular flexibility index (Phi) is 4.70. The second kappa shape index (κ2) is 6.49. The number of nitrogens with zero attached hydrogens (tertiary/aromatic N) is 1. The molecule has 1 unspecified atom stereocenters. The van der Waals surface area contributed by atoms with Gasteiger partial charge in [0.15, 0.2) is 6.04 Å². The summed E-state index contributed by atoms with van der Waals surface area (Å²) in [6, 6.07) is 5.12. The van der Waals surface area contributed by atoms with Gasteiger partial charge < -0.3 is 14.7 Å². The number of carboxylic acid groups (broad SMARTS) is 1. The third-order valence-electron chi connectivity index (χ3n) is 3.34. The summed E-state index contributed by atoms with van der Waals surface area (Å²) >= 11 is 0. The molecular formula is C15H16FNO4. The van der Waals surface area contributed by atoms with Crippen LogP contribution in [0.1, 0.15) is 12.5 Å². The minimum absolute atomic E-state index is 0.0341. The second-order valence-corrected chi connectivity index (χ2v) is 4.77. The molecule has 5 nitrogen and oxygen atoms in total. The highest BCUT2D eigenvalue weighted by molar-refractivity contribution is 5.97. The summed E-state index contributed by atoms with van der Waals surface area (Å²) in [6.07, 6.45) is 1.26. The number of allylic oxidation sites excluding steroid dienone is 1. The molecular weight excluding hydrogens is 277 g/mol. The lowest BCUT2D eigenvalue weighted by Gasteiger charge is -2.32. The molecule has 1 saturated heterocycles. The first-order valence-electron chi connectivity index (χ1n) is 6.55. The summed E-state index contributed by atoms with van der Waals surface area (Å²) in [6.45, 7) is 2.08. The predicted molar refractivity (Wildman–Crippen MR) is 74.0 cm³/mol. The Hall–Kier alpha value is -2.21. The van der Waals surface area contributed by atoms with Gasteiger partial charge in [-0.25, -0.2) is 9.18 Å². The molecule has 1 atom stereocenters. The van der Waals surface area contributed by atoms with Crippen molar-refractivity contribution in [2.45, 2.75) is 13.0 Å². The first kappa shape index (κ1) is 15.2. The van der Waals surface area contributed by atoms with Crippen LogP contribution in [0, 0.1) is 5.82 Å². The summed E-state index contributed by atoms with van der Waals surface area (Å²) < 4.78 is 18.7. The molecule has 1 amide bonds. The van der Waals surface area contributed by atoms with Crippen molar-refractivity contribution in [3.63, 3.8) is 0 Å². The molecule has 0 saturated carbocycles. The van der Waals surface area contributed by atoms with E-state index in [1.165, 1.54) is 17.0 Å². The van der Waals surface area contributed by atoms with Crippen LogP contribution in [-0.2, 0) is 14.3 Å². The lowest BCUT2D eigenvalue weighted by atomic mass is 10.1. The molecule has 0 aliphatic carbocycles. The Balaban J connectivity index is 2.21. The molecule has 2 rings (SSSR count). The number of carboxylic acids is 1. The number of amides is 1. The molecule has 0 radical (unpaired) electrons. The molecule has 1 aromatic rings. The van der Waals surface area contributed by atoms with E-state index in [0.717, 1.165) is 0 Å². The van der Waals surface area contributed by atoms with Crippen LogP contribution in [0.25, 0.3) is 5.57 Å². The number of aliphatic carboxylic acids is 1. The first-order valence-corrected chi connectivity index (χ1v) is 6.55. The van der Waals surface area contributed by atoms with Crippen LogP contribution < -0.4 is 0 Å². The van der Waals surface area contributed by atoms with Gasteiger partial charge in [0.25, 0.3) is 0 Å². The number of carbonyl (C=O) groups excluding carboxylic acids is 1. The van der Waals surface area contributed by atoms with Gasteiger partial charge in [-0.15, -0.1) is 0 Å². The maximum Gasteiger partial charge on any atom is 0.328 e. The van der Waals surface area contributed by atoms with Crippen LogP contribution in [0.4, 0.5) is 4.39 Å². The summed E-state index contributed by atoms with van der Waals surface area (Å²) in [4.78, 5) is 24.6. The average molecular weight is 293 g/mol. The fourth-order valence-electron chi connectivity index (χ4n) is 2.20. The van der Waals surface area contributed by atoms with Crippen molar-refractivity contribution in [1.82, 2.24) is 4.90 Å². The van der Waals surface area contributed by atoms with E-state index in [0.29, 0.717) is 17.7 Å². The fraction of sp³-hybridized carbons (Fsp3) is 0.333. The minimum Gasteiger partial charge on any atom is -0.480 e. The number of hydrogen-bond donors (Lipinski definition) is 1. The van der Waals surface area contributed by atoms with Crippen LogP contribution in [0.15, 0.2) is 30.3 Å². The minimum atomic E-state index is -1.11. The van der Waals surface area contributed by atoms with E-state index in [1.54, 1.807) is 25.1 Å². The van der Waals surface area contributed by atoms with Gasteiger partial charge in [0.2, 0.25) is 5.91 Å². The van der Waals surface area contributed by atoms with E-state index >= 15 is 0 Å². The molecule has 6 heteroatoms. The Labute approximate surface area is 121 Å². The van der Waals surface area contributed by atoms with Crippen molar-refractivity contribution in [2.24, 2.45) is 0 Å². The van der Waals surface area contributed by atoms with Gasteiger partial charge in [0.05, 0.1) is 13.2 Å². The van der Waals surface area contributed by atoms with Crippen molar-refractivity contribution in [3.05, 3.63) is 41.7 Å². The third-order valence-corrected chi connectivity index (χ3v) is 3.34. The maximum atomic E-state index is 13.7. The van der Waals surface area contributed by atoms with Crippen LogP contribution in [0.5, 0.6) is 0 Å². The van der Waals surface area contributed by atoms with Crippen molar-refractivity contribution < 1.29 is 23.8 Å². The van der Waals surface area contributed by atoms with Crippen molar-refractivity contribution >= 4 is 17.4 Å². The van der Waals surface area contributed by atoms with E-state index in [-0.39, 0.29) is 13.2 Å². The smallest absolute Gasteiger partial charge is 0.328 e. The molecule has 1 heterocycles. The average Bonchev–Trinajstić information content (AvgIpc) is 2.47. The Morgan fingerprint density at radius 2 is 2.14 bits per heavy atom. The molecule has 1 aliphatic heterocycles. The predicted octanol–water partition coefficient (Wildman–Crippen LogP) is 1.54. The Bertz CT molecular complexity index is 585. The lowest BCUT2D eigenvalue weighted by Crippen LogP contribution is -2.52. The molecule has 112 valence electrons. The van der Waals surface area contributed by atoms with Crippen LogP contribution in [0.3, 0.4) is 0 Å². The summed E-state index contributed by atoms with van der Waals surface area (Å²) in [5.74, 6) is -1.98. The van der Waals surface area contributed by atoms with E-state index in [2.05, 4.69) is 0 Å². The van der Waals surface area contributed by atoms with E-state index in [9.17, 15) is 14.0 Å². The Morgan fingerprint density at radius 3 is 2.81 bits per heavy atom. The molecule has 0 aromatic heterocycles. The Morgan fingerprint density at radius 1 is 1.43 bits per heavy atom. The first-order chi connectivity index (χ1) is 10.0. The number of carbonyl (C=O) groups is 2. The molecule has 0 spiro atoms. The summed E-state index contributed by atoms with van der Waals surface area (Å²) in [5, 5.41) is 9.10. The number of benzene rings is 1. The van der Waals surface area contributed by atoms with Gasteiger partial charge >= 0.3 is 5.97 Å². The highest BCUT2D eigenvalue weighted by Gasteiger charge is 2.31. The highest BCUT2D eigenvalue weighted by atomic mass is 19.1. The monoisotopic (exact) mass is 293 g/mol. The zero-order valence-corrected chi connectivity index (χ0v) is 11.6. The number of halogens is 1. The normalized spacial score (nSPS) is 19.4. The van der Waals surface area contributed by atoms with Gasteiger partial charge in [0.1, 0.15) is 5.82 Å². The van der Waals surface area contributed by atoms with Crippen LogP contribution >= 0.6 is 0 Å². The standard InChI is InChI=1S/C15H16FNO4/c1-10(11-4-2-3-5-12(11)16)8-14(18)17-6-7-21-9-13(17)15(19)20/h2-5,8,13H,6-7,9H2,1H3,(H,19,20). The summed E-state index contributed by atoms with van der Waals surface area (Å²) in [7, 11) is 0. The van der Waals surface area contributed by atoms with Gasteiger partial charge in [-0.3, -0.25) is 4.79 Å². The quantitative estimate of drug-likeness (QED) is 0.859. The summed E-state index contributed by atoms with van der Waals surface area (Å²) in [5.41, 5.74) is 0.778. The largest absolute Gasteiger partial charge is 0.480 e. The van der Waals surface area contributed by atoms with Crippen molar-refractivity contribution in [2.75, 3.05) is 19.8 Å². The van der Waals surface area contributed by atoms with E-state index < -0.39 is 23.7 Å². The van der Waals surface area contributed by atoms with E-state index in [1.807, 2.05) is 0 Å². The molecule has 1 fully saturated rings.